The highest BCUT2D eigenvalue weighted by atomic mass is 19.1. The Kier molecular flexibility index (Phi) is 6.00. The van der Waals surface area contributed by atoms with Gasteiger partial charge in [0.2, 0.25) is 0 Å². The molecule has 0 saturated carbocycles. The molecule has 2 aromatic rings. The summed E-state index contributed by atoms with van der Waals surface area (Å²) >= 11 is 0. The van der Waals surface area contributed by atoms with E-state index < -0.39 is 0 Å². The molecule has 4 nitrogen and oxygen atoms in total. The fraction of sp³-hybridized carbons (Fsp3) is 0.440. The Morgan fingerprint density at radius 2 is 1.97 bits per heavy atom. The van der Waals surface area contributed by atoms with E-state index in [0.717, 1.165) is 68.0 Å². The first-order valence-corrected chi connectivity index (χ1v) is 10.9. The first-order valence-electron chi connectivity index (χ1n) is 10.9. The predicted octanol–water partition coefficient (Wildman–Crippen LogP) is 4.95. The van der Waals surface area contributed by atoms with Crippen molar-refractivity contribution in [3.8, 4) is 5.75 Å². The van der Waals surface area contributed by atoms with Gasteiger partial charge in [-0.25, -0.2) is 4.39 Å². The van der Waals surface area contributed by atoms with Crippen LogP contribution in [0.4, 0.5) is 15.8 Å². The fourth-order valence-electron chi connectivity index (χ4n) is 5.00. The van der Waals surface area contributed by atoms with E-state index in [1.54, 1.807) is 13.2 Å². The molecule has 4 rings (SSSR count). The molecule has 2 heterocycles. The van der Waals surface area contributed by atoms with Gasteiger partial charge in [0.05, 0.1) is 18.5 Å². The van der Waals surface area contributed by atoms with E-state index in [1.807, 2.05) is 6.07 Å². The van der Waals surface area contributed by atoms with Gasteiger partial charge in [0.25, 0.3) is 0 Å². The van der Waals surface area contributed by atoms with E-state index in [2.05, 4.69) is 41.5 Å². The second kappa shape index (κ2) is 8.68. The SMILES string of the molecule is C=C(CN1CCC(c2cccc(OC)c2)CC1)N1c2c(N)cc(F)cc2CCC1C. The zero-order chi connectivity index (χ0) is 21.3. The second-order valence-corrected chi connectivity index (χ2v) is 8.65. The van der Waals surface area contributed by atoms with Crippen molar-refractivity contribution < 1.29 is 9.13 Å². The van der Waals surface area contributed by atoms with E-state index >= 15 is 0 Å². The average Bonchev–Trinajstić information content (AvgIpc) is 2.74. The molecule has 2 N–H and O–H groups in total. The number of hydrogen-bond donors (Lipinski definition) is 1. The highest BCUT2D eigenvalue weighted by molar-refractivity contribution is 5.75. The average molecular weight is 410 g/mol. The number of hydrogen-bond acceptors (Lipinski definition) is 4. The van der Waals surface area contributed by atoms with Crippen LogP contribution in [-0.2, 0) is 6.42 Å². The Hall–Kier alpha value is -2.53. The van der Waals surface area contributed by atoms with Crippen molar-refractivity contribution in [2.24, 2.45) is 0 Å². The normalized spacial score (nSPS) is 20.1. The largest absolute Gasteiger partial charge is 0.497 e. The van der Waals surface area contributed by atoms with Crippen molar-refractivity contribution >= 4 is 11.4 Å². The maximum absolute atomic E-state index is 13.8. The molecule has 1 unspecified atom stereocenters. The van der Waals surface area contributed by atoms with Crippen molar-refractivity contribution in [2.75, 3.05) is 37.4 Å². The van der Waals surface area contributed by atoms with Crippen LogP contribution in [0, 0.1) is 5.82 Å². The maximum Gasteiger partial charge on any atom is 0.125 e. The Bertz CT molecular complexity index is 921. The monoisotopic (exact) mass is 409 g/mol. The van der Waals surface area contributed by atoms with E-state index in [1.165, 1.54) is 11.6 Å². The number of nitrogens with two attached hydrogens (primary N) is 1. The quantitative estimate of drug-likeness (QED) is 0.710. The molecular formula is C25H32FN3O. The number of methoxy groups -OCH3 is 1. The topological polar surface area (TPSA) is 41.7 Å². The molecule has 2 aromatic carbocycles. The molecule has 1 saturated heterocycles. The first-order chi connectivity index (χ1) is 14.5. The minimum absolute atomic E-state index is 0.258. The molecule has 0 amide bonds. The smallest absolute Gasteiger partial charge is 0.125 e. The number of fused-ring (bicyclic) bond motifs is 1. The van der Waals surface area contributed by atoms with Crippen molar-refractivity contribution in [1.82, 2.24) is 4.90 Å². The van der Waals surface area contributed by atoms with Gasteiger partial charge in [-0.1, -0.05) is 18.7 Å². The zero-order valence-corrected chi connectivity index (χ0v) is 18.0. The van der Waals surface area contributed by atoms with Gasteiger partial charge in [0, 0.05) is 18.3 Å². The second-order valence-electron chi connectivity index (χ2n) is 8.65. The summed E-state index contributed by atoms with van der Waals surface area (Å²) in [7, 11) is 1.72. The molecule has 2 aliphatic rings. The van der Waals surface area contributed by atoms with Crippen LogP contribution in [0.3, 0.4) is 0 Å². The minimum atomic E-state index is -0.258. The Morgan fingerprint density at radius 3 is 2.70 bits per heavy atom. The van der Waals surface area contributed by atoms with Crippen molar-refractivity contribution in [3.63, 3.8) is 0 Å². The summed E-state index contributed by atoms with van der Waals surface area (Å²) in [5, 5.41) is 0. The lowest BCUT2D eigenvalue weighted by Crippen LogP contribution is -2.42. The molecule has 30 heavy (non-hydrogen) atoms. The van der Waals surface area contributed by atoms with E-state index in [0.29, 0.717) is 17.6 Å². The maximum atomic E-state index is 13.8. The lowest BCUT2D eigenvalue weighted by Gasteiger charge is -2.41. The van der Waals surface area contributed by atoms with Crippen LogP contribution in [0.2, 0.25) is 0 Å². The van der Waals surface area contributed by atoms with Crippen LogP contribution in [-0.4, -0.2) is 37.7 Å². The third-order valence-electron chi connectivity index (χ3n) is 6.60. The van der Waals surface area contributed by atoms with Gasteiger partial charge in [0.15, 0.2) is 0 Å². The summed E-state index contributed by atoms with van der Waals surface area (Å²) in [6.45, 7) is 9.49. The van der Waals surface area contributed by atoms with Crippen LogP contribution in [0.1, 0.15) is 43.2 Å². The molecule has 0 aromatic heterocycles. The molecule has 0 bridgehead atoms. The predicted molar refractivity (Wildman–Crippen MR) is 122 cm³/mol. The number of anilines is 2. The van der Waals surface area contributed by atoms with Crippen LogP contribution < -0.4 is 15.4 Å². The molecule has 0 radical (unpaired) electrons. The summed E-state index contributed by atoms with van der Waals surface area (Å²) in [6, 6.07) is 11.8. The third kappa shape index (κ3) is 4.17. The number of benzene rings is 2. The Balaban J connectivity index is 1.42. The number of ether oxygens (including phenoxy) is 1. The molecule has 5 heteroatoms. The lowest BCUT2D eigenvalue weighted by molar-refractivity contribution is 0.226. The van der Waals surface area contributed by atoms with Crippen LogP contribution in [0.15, 0.2) is 48.7 Å². The van der Waals surface area contributed by atoms with Crippen molar-refractivity contribution in [1.29, 1.82) is 0 Å². The number of aryl methyl sites for hydroxylation is 1. The third-order valence-corrected chi connectivity index (χ3v) is 6.60. The van der Waals surface area contributed by atoms with Gasteiger partial charge in [-0.3, -0.25) is 4.90 Å². The van der Waals surface area contributed by atoms with Gasteiger partial charge < -0.3 is 15.4 Å². The molecule has 0 aliphatic carbocycles. The molecule has 2 aliphatic heterocycles. The molecule has 1 fully saturated rings. The minimum Gasteiger partial charge on any atom is -0.497 e. The summed E-state index contributed by atoms with van der Waals surface area (Å²) in [6.07, 6.45) is 4.08. The molecule has 0 spiro atoms. The van der Waals surface area contributed by atoms with Gasteiger partial charge in [-0.05, 0) is 87.0 Å². The summed E-state index contributed by atoms with van der Waals surface area (Å²) in [4.78, 5) is 4.71. The summed E-state index contributed by atoms with van der Waals surface area (Å²) in [5.74, 6) is 1.24. The van der Waals surface area contributed by atoms with E-state index in [9.17, 15) is 4.39 Å². The van der Waals surface area contributed by atoms with Gasteiger partial charge in [0.1, 0.15) is 11.6 Å². The summed E-state index contributed by atoms with van der Waals surface area (Å²) in [5.41, 5.74) is 11.1. The van der Waals surface area contributed by atoms with Crippen LogP contribution in [0.25, 0.3) is 0 Å². The Morgan fingerprint density at radius 1 is 1.20 bits per heavy atom. The number of piperidine rings is 1. The number of likely N-dealkylation sites (tertiary alicyclic amines) is 1. The molecule has 1 atom stereocenters. The molecule has 160 valence electrons. The lowest BCUT2D eigenvalue weighted by atomic mass is 9.89. The molecular weight excluding hydrogens is 377 g/mol. The van der Waals surface area contributed by atoms with Gasteiger partial charge in [-0.15, -0.1) is 0 Å². The van der Waals surface area contributed by atoms with E-state index in [-0.39, 0.29) is 5.82 Å². The van der Waals surface area contributed by atoms with Crippen molar-refractivity contribution in [3.05, 3.63) is 65.6 Å². The first kappa shape index (κ1) is 20.7. The van der Waals surface area contributed by atoms with Crippen molar-refractivity contribution in [2.45, 2.75) is 44.6 Å². The zero-order valence-electron chi connectivity index (χ0n) is 18.0. The highest BCUT2D eigenvalue weighted by Gasteiger charge is 2.29. The number of rotatable bonds is 5. The van der Waals surface area contributed by atoms with Gasteiger partial charge >= 0.3 is 0 Å². The number of halogens is 1. The van der Waals surface area contributed by atoms with Crippen LogP contribution >= 0.6 is 0 Å². The number of nitrogens with zero attached hydrogens (tertiary/aromatic N) is 2. The van der Waals surface area contributed by atoms with E-state index in [4.69, 9.17) is 10.5 Å². The summed E-state index contributed by atoms with van der Waals surface area (Å²) < 4.78 is 19.2. The number of nitrogen functional groups attached to an aromatic ring is 1. The fourth-order valence-corrected chi connectivity index (χ4v) is 5.00. The Labute approximate surface area is 179 Å². The highest BCUT2D eigenvalue weighted by Crippen LogP contribution is 2.39. The van der Waals surface area contributed by atoms with Crippen LogP contribution in [0.5, 0.6) is 5.75 Å². The van der Waals surface area contributed by atoms with Gasteiger partial charge in [-0.2, -0.15) is 0 Å². The standard InChI is InChI=1S/C25H32FN3O/c1-17-7-8-21-13-22(26)15-24(27)25(21)29(17)18(2)16-28-11-9-19(10-12-28)20-5-4-6-23(14-20)30-3/h4-6,13-15,17,19H,2,7-12,16,27H2,1,3H3.